The van der Waals surface area contributed by atoms with Gasteiger partial charge in [-0.3, -0.25) is 4.79 Å². The summed E-state index contributed by atoms with van der Waals surface area (Å²) in [6.45, 7) is 6.78. The van der Waals surface area contributed by atoms with Crippen LogP contribution in [0.4, 0.5) is 5.69 Å². The van der Waals surface area contributed by atoms with Crippen LogP contribution in [-0.2, 0) is 4.79 Å². The number of fused-ring (bicyclic) bond motifs is 1. The topological polar surface area (TPSA) is 87.9 Å². The number of anilines is 1. The molecule has 1 fully saturated rings. The Labute approximate surface area is 194 Å². The lowest BCUT2D eigenvalue weighted by atomic mass is 9.86. The molecule has 3 heterocycles. The molecule has 2 aliphatic rings. The van der Waals surface area contributed by atoms with Crippen molar-refractivity contribution < 1.29 is 4.79 Å². The van der Waals surface area contributed by atoms with Gasteiger partial charge >= 0.3 is 0 Å². The van der Waals surface area contributed by atoms with Crippen LogP contribution in [0.1, 0.15) is 53.9 Å². The molecule has 0 spiro atoms. The van der Waals surface area contributed by atoms with Crippen LogP contribution in [0.3, 0.4) is 0 Å². The van der Waals surface area contributed by atoms with E-state index < -0.39 is 0 Å². The quantitative estimate of drug-likeness (QED) is 0.569. The van der Waals surface area contributed by atoms with Gasteiger partial charge in [-0.15, -0.1) is 0 Å². The average Bonchev–Trinajstić information content (AvgIpc) is 3.25. The molecule has 0 atom stereocenters. The molecule has 0 bridgehead atoms. The first kappa shape index (κ1) is 21.6. The Bertz CT molecular complexity index is 1230. The number of hydrogen-bond donors (Lipinski definition) is 2. The second-order valence-electron chi connectivity index (χ2n) is 9.56. The molecule has 6 nitrogen and oxygen atoms in total. The predicted molar refractivity (Wildman–Crippen MR) is 133 cm³/mol. The van der Waals surface area contributed by atoms with E-state index in [0.29, 0.717) is 17.8 Å². The Kier molecular flexibility index (Phi) is 5.62. The lowest BCUT2D eigenvalue weighted by molar-refractivity contribution is -0.113. The number of rotatable bonds is 4. The third-order valence-corrected chi connectivity index (χ3v) is 6.92. The minimum Gasteiger partial charge on any atom is -0.359 e. The Morgan fingerprint density at radius 2 is 1.91 bits per heavy atom. The summed E-state index contributed by atoms with van der Waals surface area (Å²) >= 11 is 0. The van der Waals surface area contributed by atoms with Gasteiger partial charge in [0.05, 0.1) is 11.3 Å². The fraction of sp³-hybridized carbons (Fsp3) is 0.370. The lowest BCUT2D eigenvalue weighted by Gasteiger charge is -2.30. The summed E-state index contributed by atoms with van der Waals surface area (Å²) in [5.74, 6) is 1.21. The van der Waals surface area contributed by atoms with Gasteiger partial charge < -0.3 is 15.6 Å². The van der Waals surface area contributed by atoms with Gasteiger partial charge in [0.1, 0.15) is 0 Å². The molecule has 5 rings (SSSR count). The van der Waals surface area contributed by atoms with Crippen molar-refractivity contribution >= 4 is 23.2 Å². The number of aryl methyl sites for hydroxylation is 3. The van der Waals surface area contributed by atoms with E-state index in [1.807, 2.05) is 43.0 Å². The number of benzene rings is 1. The van der Waals surface area contributed by atoms with Crippen molar-refractivity contribution in [3.63, 3.8) is 0 Å². The maximum atomic E-state index is 13.7. The molecule has 0 saturated heterocycles. The number of carbonyl (C=O) groups excluding carboxylic acids is 1. The molecule has 3 aromatic rings. The van der Waals surface area contributed by atoms with E-state index in [-0.39, 0.29) is 5.91 Å². The SMILES string of the molecule is Cc1ccnc(-c2ccc3c(c2)N(CC2CCC(N)CC2)C(=O)/C3=C\c2[nH]c(C)cc2C)n1. The second kappa shape index (κ2) is 8.60. The minimum absolute atomic E-state index is 0.0637. The number of H-pyrrole nitrogens is 1. The lowest BCUT2D eigenvalue weighted by Crippen LogP contribution is -2.36. The third kappa shape index (κ3) is 4.23. The molecule has 1 aliphatic heterocycles. The van der Waals surface area contributed by atoms with Crippen molar-refractivity contribution in [2.75, 3.05) is 11.4 Å². The predicted octanol–water partition coefficient (Wildman–Crippen LogP) is 4.80. The van der Waals surface area contributed by atoms with Gasteiger partial charge in [0.2, 0.25) is 0 Å². The molecule has 1 amide bonds. The highest BCUT2D eigenvalue weighted by Crippen LogP contribution is 2.41. The Hall–Kier alpha value is -3.25. The highest BCUT2D eigenvalue weighted by Gasteiger charge is 2.35. The van der Waals surface area contributed by atoms with Gasteiger partial charge in [0, 0.05) is 47.0 Å². The number of hydrogen-bond acceptors (Lipinski definition) is 4. The van der Waals surface area contributed by atoms with Gasteiger partial charge in [0.15, 0.2) is 5.82 Å². The maximum Gasteiger partial charge on any atom is 0.259 e. The van der Waals surface area contributed by atoms with Gasteiger partial charge in [0.25, 0.3) is 5.91 Å². The number of amides is 1. The molecular weight excluding hydrogens is 410 g/mol. The van der Waals surface area contributed by atoms with Crippen molar-refractivity contribution in [3.8, 4) is 11.4 Å². The van der Waals surface area contributed by atoms with E-state index in [1.54, 1.807) is 6.20 Å². The second-order valence-corrected chi connectivity index (χ2v) is 9.56. The molecule has 2 aromatic heterocycles. The third-order valence-electron chi connectivity index (χ3n) is 6.92. The van der Waals surface area contributed by atoms with Crippen LogP contribution in [-0.4, -0.2) is 33.4 Å². The summed E-state index contributed by atoms with van der Waals surface area (Å²) in [6.07, 6.45) is 7.97. The van der Waals surface area contributed by atoms with Crippen molar-refractivity contribution in [2.45, 2.75) is 52.5 Å². The molecule has 1 aromatic carbocycles. The highest BCUT2D eigenvalue weighted by molar-refractivity contribution is 6.36. The van der Waals surface area contributed by atoms with E-state index >= 15 is 0 Å². The molecule has 1 aliphatic carbocycles. The van der Waals surface area contributed by atoms with Crippen LogP contribution < -0.4 is 10.6 Å². The van der Waals surface area contributed by atoms with Crippen LogP contribution in [0, 0.1) is 26.7 Å². The van der Waals surface area contributed by atoms with Crippen molar-refractivity contribution in [3.05, 3.63) is 64.7 Å². The summed E-state index contributed by atoms with van der Waals surface area (Å²) in [7, 11) is 0. The summed E-state index contributed by atoms with van der Waals surface area (Å²) in [5.41, 5.74) is 13.8. The fourth-order valence-corrected chi connectivity index (χ4v) is 5.07. The number of aromatic nitrogens is 3. The summed E-state index contributed by atoms with van der Waals surface area (Å²) < 4.78 is 0. The highest BCUT2D eigenvalue weighted by atomic mass is 16.2. The molecule has 33 heavy (non-hydrogen) atoms. The smallest absolute Gasteiger partial charge is 0.259 e. The zero-order chi connectivity index (χ0) is 23.1. The van der Waals surface area contributed by atoms with E-state index in [2.05, 4.69) is 34.0 Å². The molecule has 0 radical (unpaired) electrons. The molecule has 1 saturated carbocycles. The Morgan fingerprint density at radius 3 is 2.61 bits per heavy atom. The molecule has 170 valence electrons. The molecule has 6 heteroatoms. The van der Waals surface area contributed by atoms with Gasteiger partial charge in [-0.1, -0.05) is 12.1 Å². The normalized spacial score (nSPS) is 21.6. The largest absolute Gasteiger partial charge is 0.359 e. The summed E-state index contributed by atoms with van der Waals surface area (Å²) in [5, 5.41) is 0. The fourth-order valence-electron chi connectivity index (χ4n) is 5.07. The van der Waals surface area contributed by atoms with Crippen LogP contribution >= 0.6 is 0 Å². The average molecular weight is 442 g/mol. The molecule has 0 unspecified atom stereocenters. The van der Waals surface area contributed by atoms with Crippen molar-refractivity contribution in [2.24, 2.45) is 11.7 Å². The van der Waals surface area contributed by atoms with Gasteiger partial charge in [-0.05, 0) is 82.2 Å². The van der Waals surface area contributed by atoms with Gasteiger partial charge in [-0.25, -0.2) is 9.97 Å². The van der Waals surface area contributed by atoms with E-state index in [0.717, 1.165) is 77.3 Å². The zero-order valence-corrected chi connectivity index (χ0v) is 19.6. The van der Waals surface area contributed by atoms with E-state index in [9.17, 15) is 4.79 Å². The van der Waals surface area contributed by atoms with E-state index in [1.165, 1.54) is 0 Å². The Morgan fingerprint density at radius 1 is 1.12 bits per heavy atom. The first-order chi connectivity index (χ1) is 15.9. The Balaban J connectivity index is 1.56. The monoisotopic (exact) mass is 441 g/mol. The van der Waals surface area contributed by atoms with Gasteiger partial charge in [-0.2, -0.15) is 0 Å². The van der Waals surface area contributed by atoms with Crippen molar-refractivity contribution in [1.29, 1.82) is 0 Å². The van der Waals surface area contributed by atoms with Crippen LogP contribution in [0.25, 0.3) is 23.0 Å². The van der Waals surface area contributed by atoms with Crippen LogP contribution in [0.5, 0.6) is 0 Å². The van der Waals surface area contributed by atoms with E-state index in [4.69, 9.17) is 5.73 Å². The number of nitrogens with zero attached hydrogens (tertiary/aromatic N) is 3. The minimum atomic E-state index is 0.0637. The summed E-state index contributed by atoms with van der Waals surface area (Å²) in [4.78, 5) is 28.1. The number of aromatic amines is 1. The van der Waals surface area contributed by atoms with Crippen molar-refractivity contribution in [1.82, 2.24) is 15.0 Å². The van der Waals surface area contributed by atoms with Crippen LogP contribution in [0.15, 0.2) is 36.5 Å². The molecular formula is C27H31N5O. The number of carbonyl (C=O) groups is 1. The number of nitrogens with two attached hydrogens (primary N) is 1. The summed E-state index contributed by atoms with van der Waals surface area (Å²) in [6, 6.07) is 10.4. The first-order valence-corrected chi connectivity index (χ1v) is 11.8. The maximum absolute atomic E-state index is 13.7. The molecule has 3 N–H and O–H groups in total. The number of nitrogens with one attached hydrogen (secondary N) is 1. The first-order valence-electron chi connectivity index (χ1n) is 11.8. The van der Waals surface area contributed by atoms with Crippen LogP contribution in [0.2, 0.25) is 0 Å². The standard InChI is InChI=1S/C27H31N5O/c1-16-12-18(3)30-24(16)14-23-22-9-6-20(26-29-11-10-17(2)31-26)13-25(22)32(27(23)33)15-19-4-7-21(28)8-5-19/h6,9-14,19,21,30H,4-5,7-8,15,28H2,1-3H3/b23-14-. The zero-order valence-electron chi connectivity index (χ0n) is 19.6.